The minimum atomic E-state index is -0.990. The van der Waals surface area contributed by atoms with E-state index in [1.165, 1.54) is 33.6 Å². The van der Waals surface area contributed by atoms with Crippen LogP contribution >= 0.6 is 23.1 Å². The van der Waals surface area contributed by atoms with Crippen molar-refractivity contribution in [2.75, 3.05) is 25.2 Å². The smallest absolute Gasteiger partial charge is 0.301 e. The number of ether oxygens (including phenoxy) is 3. The Morgan fingerprint density at radius 3 is 2.33 bits per heavy atom. The van der Waals surface area contributed by atoms with Crippen molar-refractivity contribution in [1.29, 1.82) is 0 Å². The Balaban J connectivity index is 1.49. The van der Waals surface area contributed by atoms with Crippen LogP contribution < -0.4 is 19.1 Å². The van der Waals surface area contributed by atoms with E-state index in [4.69, 9.17) is 14.2 Å². The number of hydrogen-bond acceptors (Lipinski definition) is 10. The third-order valence-corrected chi connectivity index (χ3v) is 10.3. The lowest BCUT2D eigenvalue weighted by Crippen LogP contribution is -2.29. The van der Waals surface area contributed by atoms with E-state index in [0.29, 0.717) is 51.7 Å². The molecule has 0 aliphatic carbocycles. The first-order valence-electron chi connectivity index (χ1n) is 16.7. The first-order valence-corrected chi connectivity index (χ1v) is 18.5. The lowest BCUT2D eigenvalue weighted by molar-refractivity contribution is -0.132. The quantitative estimate of drug-likeness (QED) is 0.0288. The highest BCUT2D eigenvalue weighted by atomic mass is 32.2. The van der Waals surface area contributed by atoms with Crippen molar-refractivity contribution in [2.45, 2.75) is 75.4 Å². The van der Waals surface area contributed by atoms with Crippen LogP contribution in [0.2, 0.25) is 0 Å². The second-order valence-electron chi connectivity index (χ2n) is 11.8. The lowest BCUT2D eigenvalue weighted by Gasteiger charge is -2.23. The standard InChI is InChI=1S/C38H43N3O6S2/c1-5-7-9-10-22-47-30-20-17-28(23-31(30)45-4)33-32(34(42)27-15-18-29(19-16-27)46-21-8-6-2)35(43)36(44)41(33)37-39-40-38(49-37)48-24-26-13-11-25(3)12-14-26/h11-20,23,33,42H,5-10,21-22,24H2,1-4H3/b34-32+. The van der Waals surface area contributed by atoms with Gasteiger partial charge in [0.25, 0.3) is 5.78 Å². The monoisotopic (exact) mass is 701 g/mol. The Morgan fingerprint density at radius 2 is 1.61 bits per heavy atom. The molecule has 9 nitrogen and oxygen atoms in total. The minimum absolute atomic E-state index is 0.0519. The van der Waals surface area contributed by atoms with Crippen LogP contribution in [-0.4, -0.2) is 47.3 Å². The fraction of sp³-hybridized carbons (Fsp3) is 0.368. The van der Waals surface area contributed by atoms with Crippen molar-refractivity contribution < 1.29 is 28.9 Å². The number of amides is 1. The Morgan fingerprint density at radius 1 is 0.878 bits per heavy atom. The van der Waals surface area contributed by atoms with E-state index in [9.17, 15) is 14.7 Å². The fourth-order valence-corrected chi connectivity index (χ4v) is 7.24. The average molecular weight is 702 g/mol. The third kappa shape index (κ3) is 8.82. The molecule has 0 spiro atoms. The summed E-state index contributed by atoms with van der Waals surface area (Å²) in [5.41, 5.74) is 3.20. The maximum atomic E-state index is 13.8. The van der Waals surface area contributed by atoms with Gasteiger partial charge in [-0.1, -0.05) is 98.5 Å². The van der Waals surface area contributed by atoms with E-state index in [1.807, 2.05) is 6.92 Å². The number of ketones is 1. The Hall–Kier alpha value is -4.35. The molecule has 1 saturated heterocycles. The number of benzene rings is 3. The van der Waals surface area contributed by atoms with Gasteiger partial charge in [0.05, 0.1) is 31.9 Å². The zero-order chi connectivity index (χ0) is 34.8. The molecule has 11 heteroatoms. The van der Waals surface area contributed by atoms with Gasteiger partial charge in [0.2, 0.25) is 5.13 Å². The number of aryl methyl sites for hydroxylation is 1. The van der Waals surface area contributed by atoms with Crippen molar-refractivity contribution in [3.05, 3.63) is 94.6 Å². The number of rotatable bonds is 17. The summed E-state index contributed by atoms with van der Waals surface area (Å²) in [5.74, 6) is 0.438. The molecule has 258 valence electrons. The van der Waals surface area contributed by atoms with Gasteiger partial charge in [-0.3, -0.25) is 14.5 Å². The summed E-state index contributed by atoms with van der Waals surface area (Å²) >= 11 is 2.73. The highest BCUT2D eigenvalue weighted by Crippen LogP contribution is 2.45. The van der Waals surface area contributed by atoms with Crippen LogP contribution in [0.5, 0.6) is 17.2 Å². The van der Waals surface area contributed by atoms with Crippen LogP contribution in [0, 0.1) is 6.92 Å². The van der Waals surface area contributed by atoms with Crippen LogP contribution in [-0.2, 0) is 15.3 Å². The zero-order valence-corrected chi connectivity index (χ0v) is 30.1. The average Bonchev–Trinajstić information content (AvgIpc) is 3.69. The molecule has 1 amide bonds. The number of aliphatic hydroxyl groups is 1. The summed E-state index contributed by atoms with van der Waals surface area (Å²) in [7, 11) is 1.55. The summed E-state index contributed by atoms with van der Waals surface area (Å²) in [6.07, 6.45) is 6.21. The highest BCUT2D eigenvalue weighted by Gasteiger charge is 2.48. The van der Waals surface area contributed by atoms with Gasteiger partial charge >= 0.3 is 5.91 Å². The van der Waals surface area contributed by atoms with Gasteiger partial charge in [-0.2, -0.15) is 0 Å². The molecular formula is C38H43N3O6S2. The number of carbonyl (C=O) groups is 2. The second-order valence-corrected chi connectivity index (χ2v) is 14.0. The summed E-state index contributed by atoms with van der Waals surface area (Å²) in [6, 6.07) is 19.4. The molecule has 0 radical (unpaired) electrons. The normalized spacial score (nSPS) is 15.5. The van der Waals surface area contributed by atoms with E-state index >= 15 is 0 Å². The Labute approximate surface area is 296 Å². The molecule has 1 atom stereocenters. The Bertz CT molecular complexity index is 1750. The minimum Gasteiger partial charge on any atom is -0.507 e. The summed E-state index contributed by atoms with van der Waals surface area (Å²) in [6.45, 7) is 7.42. The van der Waals surface area contributed by atoms with E-state index < -0.39 is 17.7 Å². The number of aromatic nitrogens is 2. The molecule has 3 aromatic carbocycles. The number of carbonyl (C=O) groups excluding carboxylic acids is 2. The van der Waals surface area contributed by atoms with Crippen LogP contribution in [0.4, 0.5) is 5.13 Å². The maximum absolute atomic E-state index is 13.8. The molecular weight excluding hydrogens is 659 g/mol. The first kappa shape index (κ1) is 35.9. The molecule has 1 aliphatic rings. The number of unbranched alkanes of at least 4 members (excludes halogenated alkanes) is 4. The molecule has 5 rings (SSSR count). The van der Waals surface area contributed by atoms with Crippen molar-refractivity contribution in [3.63, 3.8) is 0 Å². The Kier molecular flexibility index (Phi) is 12.7. The van der Waals surface area contributed by atoms with E-state index in [1.54, 1.807) is 49.6 Å². The predicted octanol–water partition coefficient (Wildman–Crippen LogP) is 8.91. The van der Waals surface area contributed by atoms with Crippen LogP contribution in [0.15, 0.2) is 76.6 Å². The summed E-state index contributed by atoms with van der Waals surface area (Å²) < 4.78 is 18.2. The van der Waals surface area contributed by atoms with E-state index in [0.717, 1.165) is 44.1 Å². The SMILES string of the molecule is CCCCCCOc1ccc(C2/C(=C(\O)c3ccc(OCCCC)cc3)C(=O)C(=O)N2c2nnc(SCc3ccc(C)cc3)s2)cc1OC. The van der Waals surface area contributed by atoms with Gasteiger partial charge < -0.3 is 19.3 Å². The van der Waals surface area contributed by atoms with E-state index in [-0.39, 0.29) is 16.5 Å². The zero-order valence-electron chi connectivity index (χ0n) is 28.4. The largest absolute Gasteiger partial charge is 0.507 e. The molecule has 1 aromatic heterocycles. The predicted molar refractivity (Wildman–Crippen MR) is 195 cm³/mol. The van der Waals surface area contributed by atoms with E-state index in [2.05, 4.69) is 48.3 Å². The van der Waals surface area contributed by atoms with Gasteiger partial charge in [-0.25, -0.2) is 0 Å². The van der Waals surface area contributed by atoms with Crippen LogP contribution in [0.1, 0.15) is 80.7 Å². The lowest BCUT2D eigenvalue weighted by atomic mass is 9.95. The van der Waals surface area contributed by atoms with Crippen molar-refractivity contribution in [1.82, 2.24) is 10.2 Å². The molecule has 0 saturated carbocycles. The molecule has 0 bridgehead atoms. The number of nitrogens with zero attached hydrogens (tertiary/aromatic N) is 3. The molecule has 2 heterocycles. The third-order valence-electron chi connectivity index (χ3n) is 8.18. The topological polar surface area (TPSA) is 111 Å². The van der Waals surface area contributed by atoms with Crippen molar-refractivity contribution >= 4 is 45.7 Å². The summed E-state index contributed by atoms with van der Waals surface area (Å²) in [4.78, 5) is 28.9. The summed E-state index contributed by atoms with van der Waals surface area (Å²) in [5, 5.41) is 20.6. The van der Waals surface area contributed by atoms with Gasteiger partial charge in [0, 0.05) is 11.3 Å². The van der Waals surface area contributed by atoms with Crippen LogP contribution in [0.25, 0.3) is 5.76 Å². The molecule has 1 N–H and O–H groups in total. The number of thioether (sulfide) groups is 1. The second kappa shape index (κ2) is 17.3. The molecule has 1 unspecified atom stereocenters. The number of Topliss-reactive ketones (excluding diaryl/α,β-unsaturated/α-hetero) is 1. The van der Waals surface area contributed by atoms with Gasteiger partial charge in [0.1, 0.15) is 11.5 Å². The molecule has 1 fully saturated rings. The number of anilines is 1. The van der Waals surface area contributed by atoms with Crippen molar-refractivity contribution in [2.24, 2.45) is 0 Å². The van der Waals surface area contributed by atoms with Crippen molar-refractivity contribution in [3.8, 4) is 17.2 Å². The van der Waals surface area contributed by atoms with Crippen LogP contribution in [0.3, 0.4) is 0 Å². The molecule has 1 aliphatic heterocycles. The van der Waals surface area contributed by atoms with Gasteiger partial charge in [0.15, 0.2) is 15.8 Å². The maximum Gasteiger partial charge on any atom is 0.301 e. The highest BCUT2D eigenvalue weighted by molar-refractivity contribution is 8.00. The van der Waals surface area contributed by atoms with Gasteiger partial charge in [-0.05, 0) is 67.3 Å². The number of aliphatic hydroxyl groups excluding tert-OH is 1. The fourth-order valence-electron chi connectivity index (χ4n) is 5.42. The first-order chi connectivity index (χ1) is 23.8. The number of methoxy groups -OCH3 is 1. The number of hydrogen-bond donors (Lipinski definition) is 1. The van der Waals surface area contributed by atoms with Gasteiger partial charge in [-0.15, -0.1) is 10.2 Å². The molecule has 49 heavy (non-hydrogen) atoms. The molecule has 4 aromatic rings.